The maximum absolute atomic E-state index is 13.5. The van der Waals surface area contributed by atoms with Crippen molar-refractivity contribution < 1.29 is 14.3 Å². The summed E-state index contributed by atoms with van der Waals surface area (Å²) in [5, 5.41) is 3.94. The lowest BCUT2D eigenvalue weighted by atomic mass is 9.91. The Kier molecular flexibility index (Phi) is 7.00. The molecule has 0 saturated carbocycles. The Morgan fingerprint density at radius 1 is 1.03 bits per heavy atom. The topological polar surface area (TPSA) is 100 Å². The van der Waals surface area contributed by atoms with Gasteiger partial charge in [0.15, 0.2) is 0 Å². The Morgan fingerprint density at radius 2 is 1.78 bits per heavy atom. The molecule has 4 N–H and O–H groups in total. The molecule has 5 rings (SSSR count). The normalized spacial score (nSPS) is 15.8. The zero-order chi connectivity index (χ0) is 24.9. The average molecular weight is 483 g/mol. The van der Waals surface area contributed by atoms with E-state index in [1.165, 1.54) is 0 Å². The summed E-state index contributed by atoms with van der Waals surface area (Å²) in [5.74, 6) is -0.0718. The van der Waals surface area contributed by atoms with Crippen molar-refractivity contribution in [3.05, 3.63) is 102 Å². The van der Waals surface area contributed by atoms with Crippen LogP contribution in [0.4, 0.5) is 10.5 Å². The number of nitrogens with two attached hydrogens (primary N) is 1. The third-order valence-corrected chi connectivity index (χ3v) is 6.68. The number of H-pyrrole nitrogens is 1. The summed E-state index contributed by atoms with van der Waals surface area (Å²) in [7, 11) is 0. The molecule has 1 aromatic heterocycles. The van der Waals surface area contributed by atoms with Crippen LogP contribution >= 0.6 is 0 Å². The van der Waals surface area contributed by atoms with Crippen LogP contribution in [0.15, 0.2) is 85.1 Å². The Hall–Kier alpha value is -4.10. The maximum atomic E-state index is 13.5. The van der Waals surface area contributed by atoms with Crippen LogP contribution in [0.5, 0.6) is 0 Å². The van der Waals surface area contributed by atoms with E-state index in [1.54, 1.807) is 4.90 Å². The second-order valence-corrected chi connectivity index (χ2v) is 9.26. The molecular weight excluding hydrogens is 452 g/mol. The number of amides is 2. The number of ether oxygens (including phenoxy) is 1. The van der Waals surface area contributed by atoms with Gasteiger partial charge in [-0.05, 0) is 47.6 Å². The molecule has 184 valence electrons. The van der Waals surface area contributed by atoms with E-state index < -0.39 is 12.1 Å². The molecule has 0 unspecified atom stereocenters. The van der Waals surface area contributed by atoms with Gasteiger partial charge in [0, 0.05) is 35.9 Å². The SMILES string of the molecule is N[C@H](Cc1c[nH]c2ccccc12)C(=O)N1C[C@@H](CNC(=O)OCc2ccccc2)Cc2ccccc21. The van der Waals surface area contributed by atoms with Gasteiger partial charge in [-0.15, -0.1) is 0 Å². The van der Waals surface area contributed by atoms with Crippen LogP contribution in [0.25, 0.3) is 10.9 Å². The van der Waals surface area contributed by atoms with Crippen molar-refractivity contribution >= 4 is 28.6 Å². The van der Waals surface area contributed by atoms with Crippen LogP contribution in [0.1, 0.15) is 16.7 Å². The summed E-state index contributed by atoms with van der Waals surface area (Å²) >= 11 is 0. The Labute approximate surface area is 210 Å². The summed E-state index contributed by atoms with van der Waals surface area (Å²) < 4.78 is 5.34. The molecule has 1 aliphatic heterocycles. The van der Waals surface area contributed by atoms with E-state index in [4.69, 9.17) is 10.5 Å². The van der Waals surface area contributed by atoms with E-state index in [1.807, 2.05) is 85.1 Å². The number of hydrogen-bond donors (Lipinski definition) is 3. The minimum Gasteiger partial charge on any atom is -0.445 e. The van der Waals surface area contributed by atoms with Crippen molar-refractivity contribution in [3.8, 4) is 0 Å². The van der Waals surface area contributed by atoms with Gasteiger partial charge in [-0.2, -0.15) is 0 Å². The standard InChI is InChI=1S/C29H30N4O3/c30-25(15-23-17-31-26-12-6-5-11-24(23)26)28(34)33-18-21(14-22-10-4-7-13-27(22)33)16-32-29(35)36-19-20-8-2-1-3-9-20/h1-13,17,21,25,31H,14-16,18-19,30H2,(H,32,35)/t21-,25-/m1/s1. The number of benzene rings is 3. The molecule has 0 radical (unpaired) electrons. The molecule has 7 nitrogen and oxygen atoms in total. The van der Waals surface area contributed by atoms with E-state index in [2.05, 4.69) is 10.3 Å². The summed E-state index contributed by atoms with van der Waals surface area (Å²) in [5.41, 5.74) is 11.4. The minimum atomic E-state index is -0.681. The van der Waals surface area contributed by atoms with Crippen LogP contribution in [-0.4, -0.2) is 36.1 Å². The molecule has 0 fully saturated rings. The number of carbonyl (C=O) groups is 2. The van der Waals surface area contributed by atoms with Gasteiger partial charge < -0.3 is 25.7 Å². The van der Waals surface area contributed by atoms with Crippen molar-refractivity contribution in [1.29, 1.82) is 0 Å². The van der Waals surface area contributed by atoms with Crippen LogP contribution < -0.4 is 16.0 Å². The summed E-state index contributed by atoms with van der Waals surface area (Å²) in [6.45, 7) is 1.10. The number of alkyl carbamates (subject to hydrolysis) is 1. The number of fused-ring (bicyclic) bond motifs is 2. The number of anilines is 1. The third kappa shape index (κ3) is 5.26. The third-order valence-electron chi connectivity index (χ3n) is 6.68. The van der Waals surface area contributed by atoms with Crippen molar-refractivity contribution in [2.75, 3.05) is 18.0 Å². The second-order valence-electron chi connectivity index (χ2n) is 9.26. The smallest absolute Gasteiger partial charge is 0.407 e. The highest BCUT2D eigenvalue weighted by Gasteiger charge is 2.31. The monoisotopic (exact) mass is 482 g/mol. The molecule has 0 aliphatic carbocycles. The van der Waals surface area contributed by atoms with Crippen molar-refractivity contribution in [2.24, 2.45) is 11.7 Å². The number of aromatic amines is 1. The molecule has 2 atom stereocenters. The number of hydrogen-bond acceptors (Lipinski definition) is 4. The highest BCUT2D eigenvalue weighted by atomic mass is 16.5. The van der Waals surface area contributed by atoms with Gasteiger partial charge in [-0.3, -0.25) is 4.79 Å². The number of rotatable bonds is 7. The average Bonchev–Trinajstić information content (AvgIpc) is 3.33. The van der Waals surface area contributed by atoms with E-state index in [0.717, 1.165) is 39.7 Å². The predicted molar refractivity (Wildman–Crippen MR) is 141 cm³/mol. The minimum absolute atomic E-state index is 0.0495. The number of aromatic nitrogens is 1. The summed E-state index contributed by atoms with van der Waals surface area (Å²) in [6, 6.07) is 24.8. The molecule has 36 heavy (non-hydrogen) atoms. The molecule has 0 spiro atoms. The highest BCUT2D eigenvalue weighted by molar-refractivity contribution is 5.98. The quantitative estimate of drug-likeness (QED) is 0.368. The zero-order valence-corrected chi connectivity index (χ0v) is 20.0. The second kappa shape index (κ2) is 10.7. The summed E-state index contributed by atoms with van der Waals surface area (Å²) in [6.07, 6.45) is 2.66. The zero-order valence-electron chi connectivity index (χ0n) is 20.0. The van der Waals surface area contributed by atoms with Crippen molar-refractivity contribution in [1.82, 2.24) is 10.3 Å². The van der Waals surface area contributed by atoms with E-state index in [-0.39, 0.29) is 18.4 Å². The molecule has 1 aliphatic rings. The van der Waals surface area contributed by atoms with E-state index in [0.29, 0.717) is 19.5 Å². The van der Waals surface area contributed by atoms with Gasteiger partial charge in [-0.1, -0.05) is 66.7 Å². The number of para-hydroxylation sites is 2. The number of carbonyl (C=O) groups excluding carboxylic acids is 2. The highest BCUT2D eigenvalue weighted by Crippen LogP contribution is 2.30. The van der Waals surface area contributed by atoms with E-state index >= 15 is 0 Å². The van der Waals surface area contributed by atoms with Crippen molar-refractivity contribution in [3.63, 3.8) is 0 Å². The predicted octanol–water partition coefficient (Wildman–Crippen LogP) is 4.17. The molecule has 0 saturated heterocycles. The number of nitrogens with one attached hydrogen (secondary N) is 2. The first-order valence-electron chi connectivity index (χ1n) is 12.2. The van der Waals surface area contributed by atoms with Gasteiger partial charge in [0.2, 0.25) is 5.91 Å². The molecule has 2 amide bonds. The largest absolute Gasteiger partial charge is 0.445 e. The first-order valence-corrected chi connectivity index (χ1v) is 12.2. The first kappa shape index (κ1) is 23.6. The molecule has 4 aromatic rings. The van der Waals surface area contributed by atoms with Gasteiger partial charge in [0.05, 0.1) is 6.04 Å². The van der Waals surface area contributed by atoms with Gasteiger partial charge in [0.1, 0.15) is 6.61 Å². The van der Waals surface area contributed by atoms with Crippen LogP contribution in [-0.2, 0) is 29.0 Å². The van der Waals surface area contributed by atoms with Crippen LogP contribution in [0.3, 0.4) is 0 Å². The lowest BCUT2D eigenvalue weighted by molar-refractivity contribution is -0.120. The van der Waals surface area contributed by atoms with Crippen molar-refractivity contribution in [2.45, 2.75) is 25.5 Å². The fraction of sp³-hybridized carbons (Fsp3) is 0.241. The fourth-order valence-corrected chi connectivity index (χ4v) is 4.85. The molecule has 2 heterocycles. The maximum Gasteiger partial charge on any atom is 0.407 e. The number of nitrogens with zero attached hydrogens (tertiary/aromatic N) is 1. The lowest BCUT2D eigenvalue weighted by Crippen LogP contribution is -2.50. The lowest BCUT2D eigenvalue weighted by Gasteiger charge is -2.36. The van der Waals surface area contributed by atoms with Gasteiger partial charge in [-0.25, -0.2) is 4.79 Å². The summed E-state index contributed by atoms with van der Waals surface area (Å²) in [4.78, 5) is 30.8. The Bertz CT molecular complexity index is 1350. The fourth-order valence-electron chi connectivity index (χ4n) is 4.85. The molecule has 7 heteroatoms. The van der Waals surface area contributed by atoms with Crippen LogP contribution in [0, 0.1) is 5.92 Å². The molecule has 3 aromatic carbocycles. The van der Waals surface area contributed by atoms with Crippen LogP contribution in [0.2, 0.25) is 0 Å². The Balaban J connectivity index is 1.23. The Morgan fingerprint density at radius 3 is 2.64 bits per heavy atom. The molecular formula is C29H30N4O3. The van der Waals surface area contributed by atoms with Gasteiger partial charge in [0.25, 0.3) is 0 Å². The van der Waals surface area contributed by atoms with E-state index in [9.17, 15) is 9.59 Å². The molecule has 0 bridgehead atoms. The van der Waals surface area contributed by atoms with Gasteiger partial charge >= 0.3 is 6.09 Å². The first-order chi connectivity index (χ1) is 17.6.